The Kier molecular flexibility index (Phi) is 6.51. The van der Waals surface area contributed by atoms with Gasteiger partial charge in [-0.3, -0.25) is 0 Å². The van der Waals surface area contributed by atoms with Crippen molar-refractivity contribution < 1.29 is 0 Å². The Hall–Kier alpha value is -2.48. The van der Waals surface area contributed by atoms with Gasteiger partial charge in [0.1, 0.15) is 0 Å². The van der Waals surface area contributed by atoms with Gasteiger partial charge in [0.25, 0.3) is 0 Å². The molecule has 0 radical (unpaired) electrons. The highest BCUT2D eigenvalue weighted by atomic mass is 15.4. The molecule has 2 nitrogen and oxygen atoms in total. The van der Waals surface area contributed by atoms with Gasteiger partial charge < -0.3 is 10.9 Å². The van der Waals surface area contributed by atoms with Crippen LogP contribution in [0.1, 0.15) is 84.3 Å². The van der Waals surface area contributed by atoms with Gasteiger partial charge in [-0.2, -0.15) is 0 Å². The fourth-order valence-corrected chi connectivity index (χ4v) is 5.94. The first-order chi connectivity index (χ1) is 15.3. The molecule has 2 aliphatic rings. The summed E-state index contributed by atoms with van der Waals surface area (Å²) < 4.78 is 0. The SMILES string of the molecule is CCC1CC=C(c2ccccc2NNc2ccccc2C2=CC(C)(C)CC(C)(C)C2)CC1. The van der Waals surface area contributed by atoms with Gasteiger partial charge in [0.05, 0.1) is 11.4 Å². The van der Waals surface area contributed by atoms with Gasteiger partial charge >= 0.3 is 0 Å². The molecule has 2 aromatic rings. The summed E-state index contributed by atoms with van der Waals surface area (Å²) in [4.78, 5) is 0. The van der Waals surface area contributed by atoms with E-state index in [-0.39, 0.29) is 5.41 Å². The molecule has 0 saturated heterocycles. The summed E-state index contributed by atoms with van der Waals surface area (Å²) in [7, 11) is 0. The molecule has 2 aliphatic carbocycles. The Bertz CT molecular complexity index is 1010. The summed E-state index contributed by atoms with van der Waals surface area (Å²) in [6.07, 6.45) is 12.2. The Labute approximate surface area is 195 Å². The largest absolute Gasteiger partial charge is 0.300 e. The second kappa shape index (κ2) is 9.17. The molecule has 32 heavy (non-hydrogen) atoms. The summed E-state index contributed by atoms with van der Waals surface area (Å²) in [5.74, 6) is 0.848. The minimum absolute atomic E-state index is 0.216. The third kappa shape index (κ3) is 5.28. The van der Waals surface area contributed by atoms with Crippen molar-refractivity contribution in [2.45, 2.75) is 73.1 Å². The lowest BCUT2D eigenvalue weighted by Gasteiger charge is -2.40. The number of hydrogen-bond acceptors (Lipinski definition) is 2. The zero-order chi connectivity index (χ0) is 22.8. The Morgan fingerprint density at radius 1 is 0.844 bits per heavy atom. The van der Waals surface area contributed by atoms with Gasteiger partial charge in [-0.15, -0.1) is 0 Å². The van der Waals surface area contributed by atoms with Gasteiger partial charge in [0, 0.05) is 11.1 Å². The fraction of sp³-hybridized carbons (Fsp3) is 0.467. The maximum Gasteiger partial charge on any atom is 0.0614 e. The highest BCUT2D eigenvalue weighted by Gasteiger charge is 2.34. The Morgan fingerprint density at radius 2 is 1.44 bits per heavy atom. The van der Waals surface area contributed by atoms with E-state index in [0.717, 1.165) is 23.7 Å². The highest BCUT2D eigenvalue weighted by Crippen LogP contribution is 2.48. The van der Waals surface area contributed by atoms with E-state index >= 15 is 0 Å². The Morgan fingerprint density at radius 3 is 1.97 bits per heavy atom. The second-order valence-electron chi connectivity index (χ2n) is 11.3. The summed E-state index contributed by atoms with van der Waals surface area (Å²) >= 11 is 0. The van der Waals surface area contributed by atoms with Crippen molar-refractivity contribution in [2.75, 3.05) is 10.9 Å². The van der Waals surface area contributed by atoms with Crippen LogP contribution < -0.4 is 10.9 Å². The summed E-state index contributed by atoms with van der Waals surface area (Å²) in [6, 6.07) is 17.4. The van der Waals surface area contributed by atoms with Crippen molar-refractivity contribution in [1.82, 2.24) is 0 Å². The van der Waals surface area contributed by atoms with Crippen LogP contribution in [0.25, 0.3) is 11.1 Å². The summed E-state index contributed by atoms with van der Waals surface area (Å²) in [5.41, 5.74) is 15.5. The van der Waals surface area contributed by atoms with Crippen molar-refractivity contribution in [3.8, 4) is 0 Å². The number of benzene rings is 2. The van der Waals surface area contributed by atoms with Crippen LogP contribution in [-0.4, -0.2) is 0 Å². The number of anilines is 2. The van der Waals surface area contributed by atoms with Gasteiger partial charge in [0.2, 0.25) is 0 Å². The molecule has 1 atom stereocenters. The first-order valence-electron chi connectivity index (χ1n) is 12.4. The van der Waals surface area contributed by atoms with Crippen LogP contribution in [0.15, 0.2) is 60.7 Å². The quantitative estimate of drug-likeness (QED) is 0.449. The van der Waals surface area contributed by atoms with Crippen molar-refractivity contribution in [2.24, 2.45) is 16.7 Å². The van der Waals surface area contributed by atoms with Crippen LogP contribution in [0.2, 0.25) is 0 Å². The van der Waals surface area contributed by atoms with E-state index in [4.69, 9.17) is 0 Å². The molecule has 0 aliphatic heterocycles. The van der Waals surface area contributed by atoms with Crippen molar-refractivity contribution in [3.05, 3.63) is 71.8 Å². The standard InChI is InChI=1S/C30H40N2/c1-6-22-15-17-23(18-16-22)25-11-7-9-13-27(25)31-32-28-14-10-8-12-26(28)24-19-29(2,3)21-30(4,5)20-24/h7-14,17,19,22,31-32H,6,15-16,18,20-21H2,1-5H3. The topological polar surface area (TPSA) is 24.1 Å². The molecule has 2 N–H and O–H groups in total. The predicted molar refractivity (Wildman–Crippen MR) is 141 cm³/mol. The average Bonchev–Trinajstić information content (AvgIpc) is 2.76. The lowest BCUT2D eigenvalue weighted by atomic mass is 9.65. The monoisotopic (exact) mass is 428 g/mol. The van der Waals surface area contributed by atoms with Crippen LogP contribution >= 0.6 is 0 Å². The number of para-hydroxylation sites is 2. The molecule has 0 aromatic heterocycles. The molecule has 170 valence electrons. The summed E-state index contributed by atoms with van der Waals surface area (Å²) in [6.45, 7) is 11.8. The molecular weight excluding hydrogens is 388 g/mol. The van der Waals surface area contributed by atoms with Gasteiger partial charge in [-0.1, -0.05) is 89.6 Å². The first-order valence-corrected chi connectivity index (χ1v) is 12.4. The van der Waals surface area contributed by atoms with Crippen molar-refractivity contribution in [1.29, 1.82) is 0 Å². The van der Waals surface area contributed by atoms with E-state index in [9.17, 15) is 0 Å². The number of allylic oxidation sites excluding steroid dienone is 4. The van der Waals surface area contributed by atoms with Crippen LogP contribution in [0.4, 0.5) is 11.4 Å². The van der Waals surface area contributed by atoms with Gasteiger partial charge in [-0.05, 0) is 72.1 Å². The maximum absolute atomic E-state index is 3.56. The zero-order valence-electron chi connectivity index (χ0n) is 20.6. The average molecular weight is 429 g/mol. The molecule has 2 aromatic carbocycles. The number of rotatable bonds is 6. The highest BCUT2D eigenvalue weighted by molar-refractivity contribution is 5.81. The molecule has 0 spiro atoms. The van der Waals surface area contributed by atoms with Gasteiger partial charge in [0.15, 0.2) is 0 Å². The molecule has 2 heteroatoms. The van der Waals surface area contributed by atoms with Crippen LogP contribution in [0.5, 0.6) is 0 Å². The van der Waals surface area contributed by atoms with Crippen LogP contribution in [0, 0.1) is 16.7 Å². The van der Waals surface area contributed by atoms with E-state index in [1.165, 1.54) is 54.4 Å². The second-order valence-corrected chi connectivity index (χ2v) is 11.3. The van der Waals surface area contributed by atoms with Crippen molar-refractivity contribution >= 4 is 22.5 Å². The molecular formula is C30H40N2. The zero-order valence-corrected chi connectivity index (χ0v) is 20.6. The van der Waals surface area contributed by atoms with E-state index < -0.39 is 0 Å². The molecule has 0 amide bonds. The number of hydrazine groups is 1. The maximum atomic E-state index is 3.56. The molecule has 0 bridgehead atoms. The van der Waals surface area contributed by atoms with E-state index in [0.29, 0.717) is 5.41 Å². The smallest absolute Gasteiger partial charge is 0.0614 e. The fourth-order valence-electron chi connectivity index (χ4n) is 5.94. The van der Waals surface area contributed by atoms with Crippen LogP contribution in [-0.2, 0) is 0 Å². The summed E-state index contributed by atoms with van der Waals surface area (Å²) in [5, 5.41) is 0. The van der Waals surface area contributed by atoms with E-state index in [2.05, 4.69) is 106 Å². The first kappa shape index (κ1) is 22.7. The number of hydrogen-bond donors (Lipinski definition) is 2. The lowest BCUT2D eigenvalue weighted by molar-refractivity contribution is 0.229. The predicted octanol–water partition coefficient (Wildman–Crippen LogP) is 8.95. The minimum Gasteiger partial charge on any atom is -0.300 e. The molecule has 0 heterocycles. The molecule has 4 rings (SSSR count). The number of nitrogens with one attached hydrogen (secondary N) is 2. The lowest BCUT2D eigenvalue weighted by Crippen LogP contribution is -2.27. The third-order valence-corrected chi connectivity index (χ3v) is 7.14. The molecule has 0 fully saturated rings. The van der Waals surface area contributed by atoms with Crippen molar-refractivity contribution in [3.63, 3.8) is 0 Å². The van der Waals surface area contributed by atoms with E-state index in [1.54, 1.807) is 0 Å². The minimum atomic E-state index is 0.216. The third-order valence-electron chi connectivity index (χ3n) is 7.14. The molecule has 1 unspecified atom stereocenters. The van der Waals surface area contributed by atoms with Crippen LogP contribution in [0.3, 0.4) is 0 Å². The van der Waals surface area contributed by atoms with Gasteiger partial charge in [-0.25, -0.2) is 0 Å². The Balaban J connectivity index is 1.57. The molecule has 0 saturated carbocycles. The van der Waals surface area contributed by atoms with E-state index in [1.807, 2.05) is 0 Å². The normalized spacial score (nSPS) is 22.0.